The van der Waals surface area contributed by atoms with Gasteiger partial charge in [-0.15, -0.1) is 0 Å². The summed E-state index contributed by atoms with van der Waals surface area (Å²) in [5, 5.41) is 9.32. The molecule has 1 saturated carbocycles. The Balaban J connectivity index is 1.79. The van der Waals surface area contributed by atoms with Crippen molar-refractivity contribution in [1.29, 1.82) is 5.26 Å². The molecule has 0 aromatic heterocycles. The van der Waals surface area contributed by atoms with Crippen molar-refractivity contribution in [2.24, 2.45) is 5.41 Å². The van der Waals surface area contributed by atoms with Gasteiger partial charge in [0.25, 0.3) is 0 Å². The van der Waals surface area contributed by atoms with Crippen molar-refractivity contribution in [2.75, 3.05) is 6.67 Å². The maximum atomic E-state index is 13.0. The van der Waals surface area contributed by atoms with Gasteiger partial charge in [0, 0.05) is 13.0 Å². The fourth-order valence-corrected chi connectivity index (χ4v) is 4.10. The minimum absolute atomic E-state index is 0.0305. The molecule has 1 unspecified atom stereocenters. The summed E-state index contributed by atoms with van der Waals surface area (Å²) in [6.07, 6.45) is -1.07. The molecule has 0 N–H and O–H groups in total. The summed E-state index contributed by atoms with van der Waals surface area (Å²) in [5.41, 5.74) is -1.02. The van der Waals surface area contributed by atoms with Crippen molar-refractivity contribution in [2.45, 2.75) is 57.8 Å². The van der Waals surface area contributed by atoms with Crippen molar-refractivity contribution in [3.8, 4) is 6.07 Å². The van der Waals surface area contributed by atoms with E-state index in [-0.39, 0.29) is 31.4 Å². The highest BCUT2D eigenvalue weighted by molar-refractivity contribution is 6.06. The summed E-state index contributed by atoms with van der Waals surface area (Å²) in [6.45, 7) is 1.54. The van der Waals surface area contributed by atoms with Gasteiger partial charge in [0.2, 0.25) is 11.8 Å². The molecule has 3 rings (SSSR count). The number of carbonyl (C=O) groups is 2. The fraction of sp³-hybridized carbons (Fsp3) is 0.550. The zero-order valence-corrected chi connectivity index (χ0v) is 15.6. The van der Waals surface area contributed by atoms with Crippen molar-refractivity contribution in [3.05, 3.63) is 35.4 Å². The summed E-state index contributed by atoms with van der Waals surface area (Å²) < 4.78 is 38.9. The van der Waals surface area contributed by atoms with Gasteiger partial charge in [-0.1, -0.05) is 31.0 Å². The topological polar surface area (TPSA) is 64.4 Å². The van der Waals surface area contributed by atoms with Gasteiger partial charge < -0.3 is 0 Å². The molecule has 1 saturated heterocycles. The quantitative estimate of drug-likeness (QED) is 0.716. The van der Waals surface area contributed by atoms with Crippen LogP contribution in [-0.2, 0) is 22.3 Å². The molecule has 2 fully saturated rings. The largest absolute Gasteiger partial charge is 0.416 e. The smallest absolute Gasteiger partial charge is 0.274 e. The lowest BCUT2D eigenvalue weighted by Gasteiger charge is -2.30. The van der Waals surface area contributed by atoms with Gasteiger partial charge in [0.05, 0.1) is 29.8 Å². The molecule has 1 aromatic rings. The zero-order valence-electron chi connectivity index (χ0n) is 15.6. The molecule has 1 aliphatic heterocycles. The number of nitriles is 1. The molecule has 1 spiro atoms. The third kappa shape index (κ3) is 3.90. The average Bonchev–Trinajstić information content (AvgIpc) is 3.20. The third-order valence-corrected chi connectivity index (χ3v) is 5.75. The van der Waals surface area contributed by atoms with Crippen LogP contribution in [-0.4, -0.2) is 34.3 Å². The minimum atomic E-state index is -4.46. The first-order valence-corrected chi connectivity index (χ1v) is 9.31. The van der Waals surface area contributed by atoms with Crippen LogP contribution in [0, 0.1) is 16.7 Å². The minimum Gasteiger partial charge on any atom is -0.274 e. The first-order valence-electron chi connectivity index (χ1n) is 9.31. The first-order chi connectivity index (χ1) is 13.2. The maximum absolute atomic E-state index is 13.0. The average molecular weight is 393 g/mol. The van der Waals surface area contributed by atoms with E-state index in [9.17, 15) is 28.0 Å². The van der Waals surface area contributed by atoms with Gasteiger partial charge in [0.15, 0.2) is 0 Å². The van der Waals surface area contributed by atoms with Crippen molar-refractivity contribution < 1.29 is 22.8 Å². The van der Waals surface area contributed by atoms with Crippen LogP contribution in [0.1, 0.15) is 50.2 Å². The van der Waals surface area contributed by atoms with Crippen LogP contribution in [0.3, 0.4) is 0 Å². The highest BCUT2D eigenvalue weighted by atomic mass is 19.4. The van der Waals surface area contributed by atoms with E-state index in [1.54, 1.807) is 17.9 Å². The molecule has 0 bridgehead atoms. The highest BCUT2D eigenvalue weighted by Crippen LogP contribution is 2.46. The highest BCUT2D eigenvalue weighted by Gasteiger charge is 2.52. The predicted octanol–water partition coefficient (Wildman–Crippen LogP) is 3.70. The van der Waals surface area contributed by atoms with Crippen molar-refractivity contribution in [1.82, 2.24) is 9.80 Å². The van der Waals surface area contributed by atoms with E-state index in [0.717, 1.165) is 25.0 Å². The number of alkyl halides is 3. The Labute approximate surface area is 161 Å². The van der Waals surface area contributed by atoms with Crippen LogP contribution in [0.25, 0.3) is 0 Å². The number of amides is 2. The number of imide groups is 1. The number of rotatable bonds is 5. The molecule has 5 nitrogen and oxygen atoms in total. The van der Waals surface area contributed by atoms with Crippen LogP contribution in [0.15, 0.2) is 24.3 Å². The molecule has 28 heavy (non-hydrogen) atoms. The first kappa shape index (κ1) is 20.3. The Morgan fingerprint density at radius 2 is 1.96 bits per heavy atom. The summed E-state index contributed by atoms with van der Waals surface area (Å²) in [7, 11) is 0. The maximum Gasteiger partial charge on any atom is 0.416 e. The molecule has 1 atom stereocenters. The lowest BCUT2D eigenvalue weighted by atomic mass is 9.85. The summed E-state index contributed by atoms with van der Waals surface area (Å²) >= 11 is 0. The number of likely N-dealkylation sites (tertiary alicyclic amines) is 1. The molecule has 0 radical (unpaired) electrons. The van der Waals surface area contributed by atoms with Gasteiger partial charge in [-0.05, 0) is 31.4 Å². The molecular weight excluding hydrogens is 371 g/mol. The van der Waals surface area contributed by atoms with Crippen molar-refractivity contribution in [3.63, 3.8) is 0 Å². The normalized spacial score (nSPS) is 20.2. The molecule has 1 aliphatic carbocycles. The van der Waals surface area contributed by atoms with Gasteiger partial charge in [0.1, 0.15) is 0 Å². The Kier molecular flexibility index (Phi) is 5.48. The SMILES string of the molecule is CC(C#N)N(Cc1cccc(C(F)(F)F)c1)CN1C(=O)CC2(CCCC2)C1=O. The molecule has 1 heterocycles. The second-order valence-corrected chi connectivity index (χ2v) is 7.68. The monoisotopic (exact) mass is 393 g/mol. The van der Waals surface area contributed by atoms with Crippen molar-refractivity contribution >= 4 is 11.8 Å². The summed E-state index contributed by atoms with van der Waals surface area (Å²) in [6, 6.07) is 6.25. The third-order valence-electron chi connectivity index (χ3n) is 5.75. The van der Waals surface area contributed by atoms with E-state index in [1.165, 1.54) is 11.0 Å². The number of carbonyl (C=O) groups excluding carboxylic acids is 2. The summed E-state index contributed by atoms with van der Waals surface area (Å²) in [5.74, 6) is -0.486. The lowest BCUT2D eigenvalue weighted by molar-refractivity contribution is -0.144. The van der Waals surface area contributed by atoms with Crippen LogP contribution >= 0.6 is 0 Å². The Hall–Kier alpha value is -2.40. The van der Waals surface area contributed by atoms with Crippen LogP contribution in [0.4, 0.5) is 13.2 Å². The zero-order chi connectivity index (χ0) is 20.5. The van der Waals surface area contributed by atoms with Gasteiger partial charge in [-0.25, -0.2) is 0 Å². The van der Waals surface area contributed by atoms with E-state index < -0.39 is 23.2 Å². The molecule has 150 valence electrons. The Morgan fingerprint density at radius 3 is 2.57 bits per heavy atom. The number of nitrogens with zero attached hydrogens (tertiary/aromatic N) is 3. The standard InChI is InChI=1S/C20H22F3N3O2/c1-14(11-24)25(12-15-5-4-6-16(9-15)20(21,22)23)13-26-17(27)10-19(18(26)28)7-2-3-8-19/h4-6,9,14H,2-3,7-8,10,12-13H2,1H3. The second kappa shape index (κ2) is 7.55. The van der Waals surface area contributed by atoms with Crippen LogP contribution < -0.4 is 0 Å². The predicted molar refractivity (Wildman–Crippen MR) is 94.3 cm³/mol. The van der Waals surface area contributed by atoms with E-state index in [1.807, 2.05) is 6.07 Å². The Morgan fingerprint density at radius 1 is 1.29 bits per heavy atom. The van der Waals surface area contributed by atoms with E-state index in [4.69, 9.17) is 0 Å². The lowest BCUT2D eigenvalue weighted by Crippen LogP contribution is -2.45. The van der Waals surface area contributed by atoms with E-state index in [0.29, 0.717) is 18.4 Å². The van der Waals surface area contributed by atoms with Gasteiger partial charge in [-0.2, -0.15) is 18.4 Å². The fourth-order valence-electron chi connectivity index (χ4n) is 4.10. The molecule has 2 amide bonds. The number of benzene rings is 1. The summed E-state index contributed by atoms with van der Waals surface area (Å²) in [4.78, 5) is 28.1. The number of halogens is 3. The molecule has 1 aromatic carbocycles. The van der Waals surface area contributed by atoms with Crippen LogP contribution in [0.5, 0.6) is 0 Å². The second-order valence-electron chi connectivity index (χ2n) is 7.68. The Bertz CT molecular complexity index is 810. The molecule has 8 heteroatoms. The van der Waals surface area contributed by atoms with Gasteiger partial charge in [-0.3, -0.25) is 19.4 Å². The molecule has 2 aliphatic rings. The van der Waals surface area contributed by atoms with E-state index in [2.05, 4.69) is 0 Å². The number of hydrogen-bond acceptors (Lipinski definition) is 4. The van der Waals surface area contributed by atoms with Crippen LogP contribution in [0.2, 0.25) is 0 Å². The number of hydrogen-bond donors (Lipinski definition) is 0. The molecular formula is C20H22F3N3O2. The van der Waals surface area contributed by atoms with Gasteiger partial charge >= 0.3 is 6.18 Å². The van der Waals surface area contributed by atoms with E-state index >= 15 is 0 Å².